The highest BCUT2D eigenvalue weighted by Gasteiger charge is 2.14. The number of benzene rings is 2. The number of hydrogen-bond acceptors (Lipinski definition) is 3. The smallest absolute Gasteiger partial charge is 0.246 e. The minimum atomic E-state index is -0.418. The highest BCUT2D eigenvalue weighted by molar-refractivity contribution is 5.92. The zero-order chi connectivity index (χ0) is 18.4. The van der Waals surface area contributed by atoms with Crippen molar-refractivity contribution in [2.45, 2.75) is 19.4 Å². The van der Waals surface area contributed by atoms with Gasteiger partial charge in [0.05, 0.1) is 6.61 Å². The summed E-state index contributed by atoms with van der Waals surface area (Å²) < 4.78 is 5.49. The van der Waals surface area contributed by atoms with Crippen LogP contribution in [-0.4, -0.2) is 29.9 Å². The molecular weight excluding hydrogens is 328 g/mol. The molecule has 26 heavy (non-hydrogen) atoms. The van der Waals surface area contributed by atoms with Gasteiger partial charge in [0.1, 0.15) is 5.75 Å². The van der Waals surface area contributed by atoms with Crippen LogP contribution in [0.5, 0.6) is 5.75 Å². The van der Waals surface area contributed by atoms with E-state index in [4.69, 9.17) is 10.5 Å². The molecule has 0 unspecified atom stereocenters. The molecule has 5 heteroatoms. The van der Waals surface area contributed by atoms with Crippen LogP contribution in [0.25, 0.3) is 6.08 Å². The summed E-state index contributed by atoms with van der Waals surface area (Å²) in [5, 5.41) is 0. The van der Waals surface area contributed by atoms with Crippen molar-refractivity contribution < 1.29 is 14.3 Å². The maximum absolute atomic E-state index is 12.6. The fourth-order valence-electron chi connectivity index (χ4n) is 2.90. The van der Waals surface area contributed by atoms with Gasteiger partial charge in [-0.05, 0) is 34.9 Å². The van der Waals surface area contributed by atoms with Crippen LogP contribution in [0.1, 0.15) is 23.1 Å². The lowest BCUT2D eigenvalue weighted by atomic mass is 10.1. The normalized spacial score (nSPS) is 12.6. The molecule has 0 radical (unpaired) electrons. The van der Waals surface area contributed by atoms with Gasteiger partial charge in [-0.1, -0.05) is 36.4 Å². The molecule has 1 aliphatic rings. The molecule has 3 rings (SSSR count). The third-order valence-electron chi connectivity index (χ3n) is 4.29. The van der Waals surface area contributed by atoms with E-state index in [9.17, 15) is 9.59 Å². The Labute approximate surface area is 153 Å². The number of hydrogen-bond donors (Lipinski definition) is 1. The lowest BCUT2D eigenvalue weighted by Gasteiger charge is -2.20. The topological polar surface area (TPSA) is 72.6 Å². The van der Waals surface area contributed by atoms with Gasteiger partial charge in [0.2, 0.25) is 11.8 Å². The summed E-state index contributed by atoms with van der Waals surface area (Å²) in [5.41, 5.74) is 8.37. The SMILES string of the molecule is NC(=O)CCN(Cc1ccccc1)C(=O)/C=C/c1ccc2c(c1)CCO2. The van der Waals surface area contributed by atoms with E-state index >= 15 is 0 Å². The second kappa shape index (κ2) is 8.34. The van der Waals surface area contributed by atoms with Gasteiger partial charge in [-0.15, -0.1) is 0 Å². The summed E-state index contributed by atoms with van der Waals surface area (Å²) >= 11 is 0. The molecule has 1 heterocycles. The van der Waals surface area contributed by atoms with E-state index in [2.05, 4.69) is 0 Å². The van der Waals surface area contributed by atoms with Crippen molar-refractivity contribution in [2.24, 2.45) is 5.73 Å². The van der Waals surface area contributed by atoms with Gasteiger partial charge in [-0.2, -0.15) is 0 Å². The molecule has 5 nitrogen and oxygen atoms in total. The molecule has 2 aromatic carbocycles. The minimum absolute atomic E-state index is 0.141. The first-order valence-electron chi connectivity index (χ1n) is 8.67. The standard InChI is InChI=1S/C21H22N2O3/c22-20(24)10-12-23(15-17-4-2-1-3-5-17)21(25)9-7-16-6-8-19-18(14-16)11-13-26-19/h1-9,14H,10-13,15H2,(H2,22,24)/b9-7+. The Hall–Kier alpha value is -3.08. The molecule has 0 aliphatic carbocycles. The molecule has 134 valence electrons. The second-order valence-electron chi connectivity index (χ2n) is 6.26. The van der Waals surface area contributed by atoms with E-state index < -0.39 is 5.91 Å². The van der Waals surface area contributed by atoms with Crippen molar-refractivity contribution in [1.82, 2.24) is 4.90 Å². The van der Waals surface area contributed by atoms with Gasteiger partial charge < -0.3 is 15.4 Å². The second-order valence-corrected chi connectivity index (χ2v) is 6.26. The number of nitrogens with two attached hydrogens (primary N) is 1. The van der Waals surface area contributed by atoms with Crippen LogP contribution < -0.4 is 10.5 Å². The molecule has 0 fully saturated rings. The molecular formula is C21H22N2O3. The van der Waals surface area contributed by atoms with Crippen LogP contribution in [0, 0.1) is 0 Å². The van der Waals surface area contributed by atoms with Gasteiger partial charge >= 0.3 is 0 Å². The summed E-state index contributed by atoms with van der Waals surface area (Å²) in [4.78, 5) is 25.4. The predicted octanol–water partition coefficient (Wildman–Crippen LogP) is 2.54. The average molecular weight is 350 g/mol. The van der Waals surface area contributed by atoms with E-state index in [1.54, 1.807) is 17.1 Å². The Kier molecular flexibility index (Phi) is 5.69. The summed E-state index contributed by atoms with van der Waals surface area (Å²) in [5.74, 6) is 0.353. The molecule has 0 saturated heterocycles. The molecule has 2 amide bonds. The Morgan fingerprint density at radius 1 is 1.15 bits per heavy atom. The van der Waals surface area contributed by atoms with Gasteiger partial charge in [-0.3, -0.25) is 9.59 Å². The number of carbonyl (C=O) groups is 2. The quantitative estimate of drug-likeness (QED) is 0.780. The van der Waals surface area contributed by atoms with E-state index in [1.165, 1.54) is 0 Å². The molecule has 2 N–H and O–H groups in total. The third kappa shape index (κ3) is 4.72. The van der Waals surface area contributed by atoms with Crippen molar-refractivity contribution >= 4 is 17.9 Å². The van der Waals surface area contributed by atoms with Crippen molar-refractivity contribution in [1.29, 1.82) is 0 Å². The number of rotatable bonds is 7. The predicted molar refractivity (Wildman–Crippen MR) is 100 cm³/mol. The van der Waals surface area contributed by atoms with Crippen LogP contribution in [0.4, 0.5) is 0 Å². The first kappa shape index (κ1) is 17.7. The van der Waals surface area contributed by atoms with Crippen LogP contribution in [0.15, 0.2) is 54.6 Å². The van der Waals surface area contributed by atoms with Crippen molar-refractivity contribution in [3.63, 3.8) is 0 Å². The van der Waals surface area contributed by atoms with Crippen LogP contribution in [-0.2, 0) is 22.6 Å². The molecule has 0 saturated carbocycles. The molecule has 0 bridgehead atoms. The number of fused-ring (bicyclic) bond motifs is 1. The van der Waals surface area contributed by atoms with Gasteiger partial charge in [0.15, 0.2) is 0 Å². The van der Waals surface area contributed by atoms with Gasteiger partial charge in [0, 0.05) is 32.0 Å². The summed E-state index contributed by atoms with van der Waals surface area (Å²) in [6, 6.07) is 15.6. The van der Waals surface area contributed by atoms with Crippen molar-refractivity contribution in [3.05, 3.63) is 71.3 Å². The molecule has 0 atom stereocenters. The zero-order valence-electron chi connectivity index (χ0n) is 14.6. The summed E-state index contributed by atoms with van der Waals surface area (Å²) in [7, 11) is 0. The first-order valence-corrected chi connectivity index (χ1v) is 8.67. The number of primary amides is 1. The molecule has 0 spiro atoms. The number of amides is 2. The fraction of sp³-hybridized carbons (Fsp3) is 0.238. The van der Waals surface area contributed by atoms with Crippen molar-refractivity contribution in [3.8, 4) is 5.75 Å². The van der Waals surface area contributed by atoms with Gasteiger partial charge in [-0.25, -0.2) is 0 Å². The fourth-order valence-corrected chi connectivity index (χ4v) is 2.90. The summed E-state index contributed by atoms with van der Waals surface area (Å²) in [6.07, 6.45) is 4.37. The van der Waals surface area contributed by atoms with E-state index in [0.29, 0.717) is 19.7 Å². The van der Waals surface area contributed by atoms with E-state index in [0.717, 1.165) is 28.9 Å². The van der Waals surface area contributed by atoms with E-state index in [1.807, 2.05) is 48.5 Å². The Morgan fingerprint density at radius 2 is 1.96 bits per heavy atom. The average Bonchev–Trinajstić information content (AvgIpc) is 3.11. The monoisotopic (exact) mass is 350 g/mol. The Morgan fingerprint density at radius 3 is 2.73 bits per heavy atom. The minimum Gasteiger partial charge on any atom is -0.493 e. The molecule has 1 aliphatic heterocycles. The maximum atomic E-state index is 12.6. The number of ether oxygens (including phenoxy) is 1. The lowest BCUT2D eigenvalue weighted by Crippen LogP contribution is -2.32. The number of carbonyl (C=O) groups excluding carboxylic acids is 2. The number of nitrogens with zero attached hydrogens (tertiary/aromatic N) is 1. The Balaban J connectivity index is 1.70. The zero-order valence-corrected chi connectivity index (χ0v) is 14.6. The Bertz CT molecular complexity index is 815. The van der Waals surface area contributed by atoms with Crippen LogP contribution >= 0.6 is 0 Å². The summed E-state index contributed by atoms with van der Waals surface area (Å²) in [6.45, 7) is 1.44. The van der Waals surface area contributed by atoms with Crippen LogP contribution in [0.3, 0.4) is 0 Å². The lowest BCUT2D eigenvalue weighted by molar-refractivity contribution is -0.127. The first-order chi connectivity index (χ1) is 12.6. The largest absolute Gasteiger partial charge is 0.493 e. The van der Waals surface area contributed by atoms with Gasteiger partial charge in [0.25, 0.3) is 0 Å². The molecule has 2 aromatic rings. The van der Waals surface area contributed by atoms with E-state index in [-0.39, 0.29) is 12.3 Å². The highest BCUT2D eigenvalue weighted by atomic mass is 16.5. The molecule has 0 aromatic heterocycles. The highest BCUT2D eigenvalue weighted by Crippen LogP contribution is 2.26. The maximum Gasteiger partial charge on any atom is 0.246 e. The van der Waals surface area contributed by atoms with Crippen molar-refractivity contribution in [2.75, 3.05) is 13.2 Å². The third-order valence-corrected chi connectivity index (χ3v) is 4.29. The van der Waals surface area contributed by atoms with Crippen LogP contribution in [0.2, 0.25) is 0 Å².